The highest BCUT2D eigenvalue weighted by Crippen LogP contribution is 2.18. The van der Waals surface area contributed by atoms with E-state index >= 15 is 0 Å². The Kier molecular flexibility index (Phi) is 4.95. The van der Waals surface area contributed by atoms with Gasteiger partial charge in [-0.25, -0.2) is 0 Å². The Morgan fingerprint density at radius 1 is 1.38 bits per heavy atom. The van der Waals surface area contributed by atoms with Crippen LogP contribution in [0.25, 0.3) is 0 Å². The fourth-order valence-electron chi connectivity index (χ4n) is 1.26. The van der Waals surface area contributed by atoms with Crippen molar-refractivity contribution in [1.82, 2.24) is 0 Å². The van der Waals surface area contributed by atoms with Crippen LogP contribution in [0, 0.1) is 0 Å². The molecule has 0 radical (unpaired) electrons. The van der Waals surface area contributed by atoms with Crippen LogP contribution in [0.15, 0.2) is 0 Å². The summed E-state index contributed by atoms with van der Waals surface area (Å²) in [6, 6.07) is 0. The van der Waals surface area contributed by atoms with Crippen LogP contribution in [-0.4, -0.2) is 26.6 Å². The van der Waals surface area contributed by atoms with Crippen LogP contribution < -0.4 is 0 Å². The largest absolute Gasteiger partial charge is 0.297 e. The van der Waals surface area contributed by atoms with Crippen LogP contribution in [0.2, 0.25) is 0 Å². The van der Waals surface area contributed by atoms with Gasteiger partial charge in [0.25, 0.3) is 10.1 Å². The number of carbonyl (C=O) groups excluding carboxylic acids is 1. The first-order valence-corrected chi connectivity index (χ1v) is 5.72. The lowest BCUT2D eigenvalue weighted by Gasteiger charge is -2.18. The van der Waals surface area contributed by atoms with E-state index in [4.69, 9.17) is 0 Å². The molecule has 0 amide bonds. The van der Waals surface area contributed by atoms with Gasteiger partial charge in [0.05, 0.1) is 6.26 Å². The second-order valence-electron chi connectivity index (χ2n) is 3.00. The number of ketones is 1. The molecule has 0 aliphatic heterocycles. The van der Waals surface area contributed by atoms with Crippen LogP contribution in [0.3, 0.4) is 0 Å². The Hall–Kier alpha value is -0.0700. The van der Waals surface area contributed by atoms with E-state index < -0.39 is 16.2 Å². The Morgan fingerprint density at radius 2 is 2.00 bits per heavy atom. The molecular weight excluding hydrogens is 212 g/mol. The zero-order chi connectivity index (χ0) is 9.19. The van der Waals surface area contributed by atoms with E-state index in [2.05, 4.69) is 4.18 Å². The van der Waals surface area contributed by atoms with Gasteiger partial charge in [-0.2, -0.15) is 21.9 Å². The smallest absolute Gasteiger partial charge is 0.265 e. The SMILES string of the molecule is CS(=O)(=O)OC1CCCCC1=O.S. The van der Waals surface area contributed by atoms with E-state index in [1.54, 1.807) is 0 Å². The van der Waals surface area contributed by atoms with E-state index in [0.717, 1.165) is 19.1 Å². The molecule has 1 aliphatic carbocycles. The van der Waals surface area contributed by atoms with Gasteiger partial charge in [0.2, 0.25) is 0 Å². The topological polar surface area (TPSA) is 60.4 Å². The van der Waals surface area contributed by atoms with E-state index in [-0.39, 0.29) is 19.3 Å². The zero-order valence-corrected chi connectivity index (χ0v) is 9.26. The summed E-state index contributed by atoms with van der Waals surface area (Å²) in [6.45, 7) is 0. The van der Waals surface area contributed by atoms with Gasteiger partial charge in [0, 0.05) is 6.42 Å². The molecule has 0 aromatic rings. The Bertz CT molecular complexity index is 270. The summed E-state index contributed by atoms with van der Waals surface area (Å²) in [4.78, 5) is 11.1. The summed E-state index contributed by atoms with van der Waals surface area (Å²) in [6.07, 6.45) is 2.95. The minimum absolute atomic E-state index is 0. The summed E-state index contributed by atoms with van der Waals surface area (Å²) in [5, 5.41) is 0. The van der Waals surface area contributed by atoms with Gasteiger partial charge < -0.3 is 0 Å². The summed E-state index contributed by atoms with van der Waals surface area (Å²) in [5.74, 6) is -0.0910. The Balaban J connectivity index is 0.00000144. The van der Waals surface area contributed by atoms with Gasteiger partial charge in [-0.1, -0.05) is 0 Å². The van der Waals surface area contributed by atoms with Crippen molar-refractivity contribution in [2.24, 2.45) is 0 Å². The van der Waals surface area contributed by atoms with Crippen LogP contribution in [0.1, 0.15) is 25.7 Å². The quantitative estimate of drug-likeness (QED) is 0.646. The molecule has 0 aromatic carbocycles. The van der Waals surface area contributed by atoms with E-state index in [1.165, 1.54) is 0 Å². The average Bonchev–Trinajstić information content (AvgIpc) is 1.91. The van der Waals surface area contributed by atoms with Gasteiger partial charge in [-0.15, -0.1) is 0 Å². The normalized spacial score (nSPS) is 23.8. The molecule has 1 fully saturated rings. The standard InChI is InChI=1S/C7H12O4S.H2S/c1-12(9,10)11-7-5-3-2-4-6(7)8;/h7H,2-5H2,1H3;1H2. The minimum Gasteiger partial charge on any atom is -0.297 e. The fourth-order valence-corrected chi connectivity index (χ4v) is 1.89. The summed E-state index contributed by atoms with van der Waals surface area (Å²) < 4.78 is 26.0. The summed E-state index contributed by atoms with van der Waals surface area (Å²) >= 11 is 0. The monoisotopic (exact) mass is 226 g/mol. The maximum Gasteiger partial charge on any atom is 0.265 e. The van der Waals surface area contributed by atoms with Gasteiger partial charge >= 0.3 is 0 Å². The molecule has 1 saturated carbocycles. The third kappa shape index (κ3) is 4.64. The molecule has 6 heteroatoms. The summed E-state index contributed by atoms with van der Waals surface area (Å²) in [7, 11) is -3.48. The van der Waals surface area contributed by atoms with Crippen molar-refractivity contribution in [1.29, 1.82) is 0 Å². The molecule has 0 spiro atoms. The molecule has 0 heterocycles. The zero-order valence-electron chi connectivity index (χ0n) is 7.45. The van der Waals surface area contributed by atoms with Gasteiger partial charge in [0.15, 0.2) is 5.78 Å². The Morgan fingerprint density at radius 3 is 2.46 bits per heavy atom. The molecule has 78 valence electrons. The molecule has 1 atom stereocenters. The molecule has 0 N–H and O–H groups in total. The predicted octanol–water partition coefficient (Wildman–Crippen LogP) is 0.587. The molecule has 4 nitrogen and oxygen atoms in total. The van der Waals surface area contributed by atoms with E-state index in [0.29, 0.717) is 12.8 Å². The highest BCUT2D eigenvalue weighted by molar-refractivity contribution is 7.86. The van der Waals surface area contributed by atoms with E-state index in [9.17, 15) is 13.2 Å². The Labute approximate surface area is 85.2 Å². The second-order valence-corrected chi connectivity index (χ2v) is 4.60. The summed E-state index contributed by atoms with van der Waals surface area (Å²) in [5.41, 5.74) is 0. The maximum absolute atomic E-state index is 11.1. The number of Topliss-reactive ketones (excluding diaryl/α,β-unsaturated/α-hetero) is 1. The van der Waals surface area contributed by atoms with Crippen molar-refractivity contribution in [2.45, 2.75) is 31.8 Å². The molecule has 1 rings (SSSR count). The maximum atomic E-state index is 11.1. The van der Waals surface area contributed by atoms with Crippen molar-refractivity contribution in [3.05, 3.63) is 0 Å². The molecule has 0 saturated heterocycles. The van der Waals surface area contributed by atoms with Crippen molar-refractivity contribution in [3.8, 4) is 0 Å². The van der Waals surface area contributed by atoms with Gasteiger partial charge in [0.1, 0.15) is 6.10 Å². The number of hydrogen-bond acceptors (Lipinski definition) is 4. The molecule has 1 aliphatic rings. The number of carbonyl (C=O) groups is 1. The molecular formula is C7H14O4S2. The number of rotatable bonds is 2. The highest BCUT2D eigenvalue weighted by Gasteiger charge is 2.26. The lowest BCUT2D eigenvalue weighted by atomic mass is 9.97. The molecule has 0 bridgehead atoms. The molecule has 13 heavy (non-hydrogen) atoms. The average molecular weight is 226 g/mol. The van der Waals surface area contributed by atoms with Gasteiger partial charge in [-0.3, -0.25) is 8.98 Å². The third-order valence-electron chi connectivity index (χ3n) is 1.79. The molecule has 1 unspecified atom stereocenters. The second kappa shape index (κ2) is 4.97. The van der Waals surface area contributed by atoms with Crippen LogP contribution in [-0.2, 0) is 19.1 Å². The minimum atomic E-state index is -3.48. The number of hydrogen-bond donors (Lipinski definition) is 0. The first-order chi connectivity index (χ1) is 5.49. The van der Waals surface area contributed by atoms with Crippen molar-refractivity contribution in [3.63, 3.8) is 0 Å². The fraction of sp³-hybridized carbons (Fsp3) is 0.857. The van der Waals surface area contributed by atoms with Gasteiger partial charge in [-0.05, 0) is 19.3 Å². The van der Waals surface area contributed by atoms with Crippen LogP contribution >= 0.6 is 13.5 Å². The third-order valence-corrected chi connectivity index (χ3v) is 2.37. The van der Waals surface area contributed by atoms with Crippen molar-refractivity contribution < 1.29 is 17.4 Å². The van der Waals surface area contributed by atoms with E-state index in [1.807, 2.05) is 0 Å². The predicted molar refractivity (Wildman–Crippen MR) is 53.6 cm³/mol. The van der Waals surface area contributed by atoms with Crippen LogP contribution in [0.4, 0.5) is 0 Å². The first-order valence-electron chi connectivity index (χ1n) is 3.90. The van der Waals surface area contributed by atoms with Crippen LogP contribution in [0.5, 0.6) is 0 Å². The first kappa shape index (κ1) is 12.9. The van der Waals surface area contributed by atoms with Crippen molar-refractivity contribution >= 4 is 29.4 Å². The molecule has 0 aromatic heterocycles. The lowest BCUT2D eigenvalue weighted by molar-refractivity contribution is -0.127. The van der Waals surface area contributed by atoms with Crippen molar-refractivity contribution in [2.75, 3.05) is 6.26 Å². The highest BCUT2D eigenvalue weighted by atomic mass is 32.2. The lowest BCUT2D eigenvalue weighted by Crippen LogP contribution is -2.29.